The van der Waals surface area contributed by atoms with Crippen LogP contribution in [0.2, 0.25) is 0 Å². The van der Waals surface area contributed by atoms with Crippen molar-refractivity contribution in [1.29, 1.82) is 0 Å². The Morgan fingerprint density at radius 3 is 3.00 bits per heavy atom. The fraction of sp³-hybridized carbons (Fsp3) is 0.500. The van der Waals surface area contributed by atoms with Crippen molar-refractivity contribution < 1.29 is 4.79 Å². The predicted molar refractivity (Wildman–Crippen MR) is 75.4 cm³/mol. The second-order valence-corrected chi connectivity index (χ2v) is 5.23. The van der Waals surface area contributed by atoms with Gasteiger partial charge in [0.15, 0.2) is 5.65 Å². The van der Waals surface area contributed by atoms with E-state index in [4.69, 9.17) is 0 Å². The highest BCUT2D eigenvalue weighted by Gasteiger charge is 2.17. The second-order valence-electron chi connectivity index (χ2n) is 5.23. The van der Waals surface area contributed by atoms with Crippen LogP contribution in [0.15, 0.2) is 24.4 Å². The molecular weight excluding hydrogens is 254 g/mol. The topological polar surface area (TPSA) is 71.3 Å². The first-order valence-electron chi connectivity index (χ1n) is 7.13. The second kappa shape index (κ2) is 5.90. The smallest absolute Gasteiger partial charge is 0.314 e. The van der Waals surface area contributed by atoms with E-state index in [0.717, 1.165) is 18.0 Å². The fourth-order valence-electron chi connectivity index (χ4n) is 2.35. The summed E-state index contributed by atoms with van der Waals surface area (Å²) in [5, 5.41) is 14.0. The summed E-state index contributed by atoms with van der Waals surface area (Å²) in [6.07, 6.45) is 6.38. The van der Waals surface area contributed by atoms with E-state index < -0.39 is 0 Å². The zero-order chi connectivity index (χ0) is 13.8. The zero-order valence-electron chi connectivity index (χ0n) is 11.4. The molecule has 1 saturated carbocycles. The molecule has 2 amide bonds. The molecule has 0 bridgehead atoms. The van der Waals surface area contributed by atoms with Gasteiger partial charge in [0.2, 0.25) is 0 Å². The van der Waals surface area contributed by atoms with Crippen LogP contribution in [0.4, 0.5) is 4.79 Å². The first kappa shape index (κ1) is 12.9. The molecule has 0 aromatic carbocycles. The number of amides is 2. The zero-order valence-corrected chi connectivity index (χ0v) is 11.4. The van der Waals surface area contributed by atoms with Crippen LogP contribution in [-0.4, -0.2) is 33.7 Å². The van der Waals surface area contributed by atoms with Crippen LogP contribution >= 0.6 is 0 Å². The molecule has 1 aliphatic rings. The molecule has 3 rings (SSSR count). The fourth-order valence-corrected chi connectivity index (χ4v) is 2.35. The Bertz CT molecular complexity index is 590. The first-order chi connectivity index (χ1) is 9.83. The van der Waals surface area contributed by atoms with Crippen molar-refractivity contribution in [2.75, 3.05) is 13.1 Å². The summed E-state index contributed by atoms with van der Waals surface area (Å²) in [4.78, 5) is 11.6. The minimum atomic E-state index is -0.0919. The lowest BCUT2D eigenvalue weighted by molar-refractivity contribution is 0.232. The van der Waals surface area contributed by atoms with Gasteiger partial charge in [0, 0.05) is 25.7 Å². The Morgan fingerprint density at radius 2 is 2.20 bits per heavy atom. The molecule has 20 heavy (non-hydrogen) atoms. The van der Waals surface area contributed by atoms with Gasteiger partial charge in [-0.05, 0) is 30.9 Å². The maximum Gasteiger partial charge on any atom is 0.314 e. The molecule has 0 radical (unpaired) electrons. The Kier molecular flexibility index (Phi) is 3.80. The number of fused-ring (bicyclic) bond motifs is 1. The molecule has 106 valence electrons. The predicted octanol–water partition coefficient (Wildman–Crippen LogP) is 1.37. The Morgan fingerprint density at radius 1 is 1.30 bits per heavy atom. The minimum absolute atomic E-state index is 0.0919. The van der Waals surface area contributed by atoms with E-state index in [0.29, 0.717) is 18.9 Å². The van der Waals surface area contributed by atoms with Crippen LogP contribution in [0, 0.1) is 5.92 Å². The van der Waals surface area contributed by atoms with E-state index >= 15 is 0 Å². The lowest BCUT2D eigenvalue weighted by Gasteiger charge is -2.25. The minimum Gasteiger partial charge on any atom is -0.338 e. The van der Waals surface area contributed by atoms with E-state index in [2.05, 4.69) is 20.8 Å². The molecule has 2 aromatic heterocycles. The summed E-state index contributed by atoms with van der Waals surface area (Å²) in [6, 6.07) is 5.69. The molecular formula is C14H19N5O. The standard InChI is InChI=1S/C14H19N5O/c20-14(16-10-11-4-3-5-11)15-8-7-13-18-17-12-6-1-2-9-19(12)13/h1-2,6,9,11H,3-5,7-8,10H2,(H2,15,16,20). The number of pyridine rings is 1. The summed E-state index contributed by atoms with van der Waals surface area (Å²) in [5.41, 5.74) is 0.830. The third kappa shape index (κ3) is 2.89. The molecule has 0 saturated heterocycles. The molecule has 2 heterocycles. The van der Waals surface area contributed by atoms with Crippen molar-refractivity contribution in [2.24, 2.45) is 5.92 Å². The Labute approximate surface area is 117 Å². The molecule has 0 unspecified atom stereocenters. The molecule has 1 aliphatic carbocycles. The van der Waals surface area contributed by atoms with E-state index in [1.165, 1.54) is 19.3 Å². The highest BCUT2D eigenvalue weighted by molar-refractivity contribution is 5.73. The van der Waals surface area contributed by atoms with Crippen LogP contribution in [0.1, 0.15) is 25.1 Å². The highest BCUT2D eigenvalue weighted by atomic mass is 16.2. The maximum absolute atomic E-state index is 11.6. The summed E-state index contributed by atoms with van der Waals surface area (Å²) >= 11 is 0. The summed E-state index contributed by atoms with van der Waals surface area (Å²) in [5.74, 6) is 1.54. The van der Waals surface area contributed by atoms with Crippen LogP contribution in [0.3, 0.4) is 0 Å². The van der Waals surface area contributed by atoms with Crippen molar-refractivity contribution in [2.45, 2.75) is 25.7 Å². The average Bonchev–Trinajstić information content (AvgIpc) is 2.81. The molecule has 1 fully saturated rings. The van der Waals surface area contributed by atoms with Gasteiger partial charge in [0.25, 0.3) is 0 Å². The number of nitrogens with zero attached hydrogens (tertiary/aromatic N) is 3. The molecule has 6 nitrogen and oxygen atoms in total. The van der Waals surface area contributed by atoms with Gasteiger partial charge in [-0.3, -0.25) is 4.40 Å². The van der Waals surface area contributed by atoms with Crippen LogP contribution in [0.25, 0.3) is 5.65 Å². The number of rotatable bonds is 5. The number of carbonyl (C=O) groups excluding carboxylic acids is 1. The number of hydrogen-bond acceptors (Lipinski definition) is 3. The molecule has 6 heteroatoms. The SMILES string of the molecule is O=C(NCCc1nnc2ccccn12)NCC1CCC1. The number of nitrogens with one attached hydrogen (secondary N) is 2. The normalized spacial score (nSPS) is 15.0. The monoisotopic (exact) mass is 273 g/mol. The third-order valence-corrected chi connectivity index (χ3v) is 3.79. The van der Waals surface area contributed by atoms with Gasteiger partial charge in [0.05, 0.1) is 0 Å². The van der Waals surface area contributed by atoms with Crippen LogP contribution in [-0.2, 0) is 6.42 Å². The van der Waals surface area contributed by atoms with E-state index in [9.17, 15) is 4.79 Å². The molecule has 0 spiro atoms. The van der Waals surface area contributed by atoms with Crippen molar-refractivity contribution in [3.63, 3.8) is 0 Å². The summed E-state index contributed by atoms with van der Waals surface area (Å²) in [7, 11) is 0. The molecule has 2 N–H and O–H groups in total. The Balaban J connectivity index is 1.43. The van der Waals surface area contributed by atoms with Gasteiger partial charge in [-0.2, -0.15) is 0 Å². The number of urea groups is 1. The van der Waals surface area contributed by atoms with Crippen molar-refractivity contribution in [3.8, 4) is 0 Å². The van der Waals surface area contributed by atoms with E-state index in [-0.39, 0.29) is 6.03 Å². The van der Waals surface area contributed by atoms with Gasteiger partial charge in [-0.15, -0.1) is 10.2 Å². The van der Waals surface area contributed by atoms with Gasteiger partial charge in [-0.1, -0.05) is 12.5 Å². The molecule has 0 atom stereocenters. The van der Waals surface area contributed by atoms with Gasteiger partial charge in [-0.25, -0.2) is 4.79 Å². The Hall–Kier alpha value is -2.11. The van der Waals surface area contributed by atoms with Crippen molar-refractivity contribution in [3.05, 3.63) is 30.2 Å². The quantitative estimate of drug-likeness (QED) is 0.864. The summed E-state index contributed by atoms with van der Waals surface area (Å²) in [6.45, 7) is 1.35. The number of hydrogen-bond donors (Lipinski definition) is 2. The number of aromatic nitrogens is 3. The number of carbonyl (C=O) groups is 1. The highest BCUT2D eigenvalue weighted by Crippen LogP contribution is 2.24. The third-order valence-electron chi connectivity index (χ3n) is 3.79. The van der Waals surface area contributed by atoms with Gasteiger partial charge in [0.1, 0.15) is 5.82 Å². The van der Waals surface area contributed by atoms with Crippen LogP contribution in [0.5, 0.6) is 0 Å². The van der Waals surface area contributed by atoms with Crippen molar-refractivity contribution >= 4 is 11.7 Å². The van der Waals surface area contributed by atoms with Gasteiger partial charge < -0.3 is 10.6 Å². The maximum atomic E-state index is 11.6. The summed E-state index contributed by atoms with van der Waals surface area (Å²) < 4.78 is 1.94. The largest absolute Gasteiger partial charge is 0.338 e. The first-order valence-corrected chi connectivity index (χ1v) is 7.13. The van der Waals surface area contributed by atoms with Crippen molar-refractivity contribution in [1.82, 2.24) is 25.2 Å². The van der Waals surface area contributed by atoms with Crippen LogP contribution < -0.4 is 10.6 Å². The van der Waals surface area contributed by atoms with E-state index in [1.54, 1.807) is 0 Å². The average molecular weight is 273 g/mol. The molecule has 0 aliphatic heterocycles. The van der Waals surface area contributed by atoms with Gasteiger partial charge >= 0.3 is 6.03 Å². The van der Waals surface area contributed by atoms with E-state index in [1.807, 2.05) is 28.8 Å². The molecule has 2 aromatic rings. The lowest BCUT2D eigenvalue weighted by atomic mass is 9.85. The lowest BCUT2D eigenvalue weighted by Crippen LogP contribution is -2.40.